The molecule has 0 spiro atoms. The number of ether oxygens (including phenoxy) is 1. The summed E-state index contributed by atoms with van der Waals surface area (Å²) in [5.41, 5.74) is 3.79. The first kappa shape index (κ1) is 18.3. The van der Waals surface area contributed by atoms with Crippen molar-refractivity contribution < 1.29 is 9.53 Å². The number of benzene rings is 2. The second kappa shape index (κ2) is 7.13. The topological polar surface area (TPSA) is 119 Å². The van der Waals surface area contributed by atoms with Crippen LogP contribution in [0.25, 0.3) is 22.3 Å². The fourth-order valence-corrected chi connectivity index (χ4v) is 3.14. The second-order valence-electron chi connectivity index (χ2n) is 6.64. The van der Waals surface area contributed by atoms with E-state index in [2.05, 4.69) is 31.6 Å². The Labute approximate surface area is 166 Å². The maximum atomic E-state index is 12.8. The lowest BCUT2D eigenvalue weighted by Gasteiger charge is -2.02. The summed E-state index contributed by atoms with van der Waals surface area (Å²) in [5.74, 6) is 1.30. The van der Waals surface area contributed by atoms with Gasteiger partial charge in [-0.25, -0.2) is 4.98 Å². The summed E-state index contributed by atoms with van der Waals surface area (Å²) in [6.45, 7) is 3.63. The van der Waals surface area contributed by atoms with Gasteiger partial charge in [0, 0.05) is 16.6 Å². The van der Waals surface area contributed by atoms with Crippen molar-refractivity contribution in [3.05, 3.63) is 58.9 Å². The largest absolute Gasteiger partial charge is 0.497 e. The van der Waals surface area contributed by atoms with Crippen LogP contribution in [0.1, 0.15) is 27.3 Å². The monoisotopic (exact) mass is 386 g/mol. The van der Waals surface area contributed by atoms with Gasteiger partial charge >= 0.3 is 0 Å². The molecule has 2 aromatic carbocycles. The normalized spacial score (nSPS) is 10.7. The van der Waals surface area contributed by atoms with Crippen LogP contribution in [0.3, 0.4) is 0 Å². The quantitative estimate of drug-likeness (QED) is 0.494. The molecule has 0 bridgehead atoms. The zero-order valence-corrected chi connectivity index (χ0v) is 16.1. The minimum absolute atomic E-state index is 0.282. The number of nitrogens with one attached hydrogen (secondary N) is 3. The van der Waals surface area contributed by atoms with Gasteiger partial charge in [-0.15, -0.1) is 0 Å². The Bertz CT molecular complexity index is 1280. The van der Waals surface area contributed by atoms with Crippen molar-refractivity contribution >= 4 is 22.6 Å². The molecule has 0 saturated carbocycles. The molecule has 0 aliphatic rings. The number of amides is 1. The lowest BCUT2D eigenvalue weighted by molar-refractivity contribution is 0.102. The van der Waals surface area contributed by atoms with E-state index in [9.17, 15) is 4.79 Å². The Hall–Kier alpha value is -4.12. The fraction of sp³-hybridized carbons (Fsp3) is 0.143. The van der Waals surface area contributed by atoms with E-state index in [0.717, 1.165) is 16.5 Å². The molecule has 1 amide bonds. The molecule has 8 nitrogen and oxygen atoms in total. The van der Waals surface area contributed by atoms with Crippen LogP contribution in [-0.4, -0.2) is 33.2 Å². The highest BCUT2D eigenvalue weighted by Gasteiger charge is 2.19. The minimum Gasteiger partial charge on any atom is -0.497 e. The van der Waals surface area contributed by atoms with Gasteiger partial charge in [-0.3, -0.25) is 9.89 Å². The van der Waals surface area contributed by atoms with Crippen LogP contribution in [0.5, 0.6) is 5.75 Å². The third-order valence-corrected chi connectivity index (χ3v) is 4.70. The Morgan fingerprint density at radius 3 is 2.83 bits per heavy atom. The number of methoxy groups -OCH3 is 1. The van der Waals surface area contributed by atoms with Gasteiger partial charge in [0.2, 0.25) is 0 Å². The average Bonchev–Trinajstić information content (AvgIpc) is 3.30. The summed E-state index contributed by atoms with van der Waals surface area (Å²) in [7, 11) is 1.60. The number of fused-ring (bicyclic) bond motifs is 1. The van der Waals surface area contributed by atoms with Crippen LogP contribution < -0.4 is 10.1 Å². The van der Waals surface area contributed by atoms with Crippen LogP contribution in [0.15, 0.2) is 36.4 Å². The van der Waals surface area contributed by atoms with Crippen LogP contribution in [0.4, 0.5) is 5.82 Å². The standard InChI is InChI=1S/C21H18N6O2/c1-11-7-16-17(9-14(11)10-22)26-27-20(16)25-21(28)18-12(2)23-19(24-18)13-5-4-6-15(8-13)29-3/h4-9H,1-3H3,(H,23,24)(H2,25,26,27,28). The van der Waals surface area contributed by atoms with E-state index in [1.165, 1.54) is 0 Å². The molecule has 3 N–H and O–H groups in total. The Morgan fingerprint density at radius 2 is 2.07 bits per heavy atom. The third-order valence-electron chi connectivity index (χ3n) is 4.70. The number of hydrogen-bond acceptors (Lipinski definition) is 5. The molecular formula is C21H18N6O2. The van der Waals surface area contributed by atoms with Gasteiger partial charge in [-0.05, 0) is 43.7 Å². The highest BCUT2D eigenvalue weighted by atomic mass is 16.5. The summed E-state index contributed by atoms with van der Waals surface area (Å²) in [6.07, 6.45) is 0. The number of rotatable bonds is 4. The van der Waals surface area contributed by atoms with Crippen molar-refractivity contribution in [2.24, 2.45) is 0 Å². The number of carbonyl (C=O) groups is 1. The molecule has 0 atom stereocenters. The van der Waals surface area contributed by atoms with Gasteiger partial charge in [-0.1, -0.05) is 12.1 Å². The average molecular weight is 386 g/mol. The first-order valence-electron chi connectivity index (χ1n) is 8.91. The van der Waals surface area contributed by atoms with Crippen molar-refractivity contribution in [2.75, 3.05) is 12.4 Å². The van der Waals surface area contributed by atoms with E-state index in [1.54, 1.807) is 20.1 Å². The van der Waals surface area contributed by atoms with E-state index in [4.69, 9.17) is 10.00 Å². The van der Waals surface area contributed by atoms with Crippen molar-refractivity contribution in [3.63, 3.8) is 0 Å². The van der Waals surface area contributed by atoms with Crippen molar-refractivity contribution in [1.82, 2.24) is 20.2 Å². The molecule has 4 aromatic rings. The molecule has 0 saturated heterocycles. The summed E-state index contributed by atoms with van der Waals surface area (Å²) in [5, 5.41) is 19.7. The predicted molar refractivity (Wildman–Crippen MR) is 109 cm³/mol. The minimum atomic E-state index is -0.372. The van der Waals surface area contributed by atoms with Gasteiger partial charge in [0.05, 0.1) is 24.3 Å². The highest BCUT2D eigenvalue weighted by Crippen LogP contribution is 2.26. The number of aryl methyl sites for hydroxylation is 2. The van der Waals surface area contributed by atoms with Gasteiger partial charge in [0.25, 0.3) is 5.91 Å². The number of aromatic nitrogens is 4. The summed E-state index contributed by atoms with van der Waals surface area (Å²) >= 11 is 0. The van der Waals surface area contributed by atoms with E-state index in [-0.39, 0.29) is 11.6 Å². The lowest BCUT2D eigenvalue weighted by atomic mass is 10.1. The molecule has 29 heavy (non-hydrogen) atoms. The first-order chi connectivity index (χ1) is 14.0. The molecule has 8 heteroatoms. The lowest BCUT2D eigenvalue weighted by Crippen LogP contribution is -2.14. The van der Waals surface area contributed by atoms with Gasteiger partial charge < -0.3 is 15.0 Å². The highest BCUT2D eigenvalue weighted by molar-refractivity contribution is 6.07. The molecule has 0 unspecified atom stereocenters. The summed E-state index contributed by atoms with van der Waals surface area (Å²) < 4.78 is 5.25. The summed E-state index contributed by atoms with van der Waals surface area (Å²) in [4.78, 5) is 20.4. The fourth-order valence-electron chi connectivity index (χ4n) is 3.14. The number of aromatic amines is 2. The number of carbonyl (C=O) groups excluding carboxylic acids is 1. The summed E-state index contributed by atoms with van der Waals surface area (Å²) in [6, 6.07) is 13.1. The van der Waals surface area contributed by atoms with Crippen molar-refractivity contribution in [2.45, 2.75) is 13.8 Å². The van der Waals surface area contributed by atoms with Crippen molar-refractivity contribution in [1.29, 1.82) is 5.26 Å². The Balaban J connectivity index is 1.64. The Kier molecular flexibility index (Phi) is 4.49. The first-order valence-corrected chi connectivity index (χ1v) is 8.91. The number of hydrogen-bond donors (Lipinski definition) is 3. The van der Waals surface area contributed by atoms with E-state index in [1.807, 2.05) is 37.3 Å². The predicted octanol–water partition coefficient (Wildman–Crippen LogP) is 3.70. The molecule has 0 aliphatic carbocycles. The molecule has 4 rings (SSSR count). The van der Waals surface area contributed by atoms with Crippen molar-refractivity contribution in [3.8, 4) is 23.2 Å². The zero-order valence-electron chi connectivity index (χ0n) is 16.1. The van der Waals surface area contributed by atoms with Gasteiger partial charge in [0.1, 0.15) is 17.3 Å². The van der Waals surface area contributed by atoms with E-state index >= 15 is 0 Å². The van der Waals surface area contributed by atoms with Crippen LogP contribution in [0.2, 0.25) is 0 Å². The molecular weight excluding hydrogens is 368 g/mol. The second-order valence-corrected chi connectivity index (χ2v) is 6.64. The molecule has 144 valence electrons. The molecule has 0 fully saturated rings. The molecule has 0 aliphatic heterocycles. The molecule has 2 heterocycles. The number of nitrogens with zero attached hydrogens (tertiary/aromatic N) is 3. The number of anilines is 1. The van der Waals surface area contributed by atoms with Gasteiger partial charge in [-0.2, -0.15) is 10.4 Å². The Morgan fingerprint density at radius 1 is 1.24 bits per heavy atom. The third kappa shape index (κ3) is 3.30. The smallest absolute Gasteiger partial charge is 0.277 e. The molecule has 0 radical (unpaired) electrons. The van der Waals surface area contributed by atoms with Gasteiger partial charge in [0.15, 0.2) is 5.82 Å². The van der Waals surface area contributed by atoms with Crippen LogP contribution in [0, 0.1) is 25.2 Å². The molecule has 2 aromatic heterocycles. The maximum absolute atomic E-state index is 12.8. The SMILES string of the molecule is COc1cccc(-c2nc(C(=O)Nc3n[nH]c4cc(C#N)c(C)cc34)c(C)[nH]2)c1. The van der Waals surface area contributed by atoms with Crippen LogP contribution >= 0.6 is 0 Å². The number of imidazole rings is 1. The zero-order chi connectivity index (χ0) is 20.5. The van der Waals surface area contributed by atoms with Crippen LogP contribution in [-0.2, 0) is 0 Å². The number of H-pyrrole nitrogens is 2. The number of nitriles is 1. The van der Waals surface area contributed by atoms with E-state index in [0.29, 0.717) is 34.2 Å². The maximum Gasteiger partial charge on any atom is 0.277 e. The van der Waals surface area contributed by atoms with E-state index < -0.39 is 0 Å².